The van der Waals surface area contributed by atoms with Gasteiger partial charge >= 0.3 is 5.97 Å². The van der Waals surface area contributed by atoms with Gasteiger partial charge in [-0.05, 0) is 67.0 Å². The first-order chi connectivity index (χ1) is 19.4. The summed E-state index contributed by atoms with van der Waals surface area (Å²) in [5, 5.41) is 30.7. The molecule has 1 aliphatic rings. The number of nitrogens with one attached hydrogen (secondary N) is 4. The Hall–Kier alpha value is -3.99. The van der Waals surface area contributed by atoms with Crippen molar-refractivity contribution in [2.24, 2.45) is 5.41 Å². The van der Waals surface area contributed by atoms with Gasteiger partial charge in [-0.2, -0.15) is 0 Å². The Morgan fingerprint density at radius 2 is 1.59 bits per heavy atom. The predicted octanol–water partition coefficient (Wildman–Crippen LogP) is 1.69. The Bertz CT molecular complexity index is 1180. The maximum Gasteiger partial charge on any atom is 0.326 e. The van der Waals surface area contributed by atoms with Gasteiger partial charge in [0.2, 0.25) is 17.7 Å². The summed E-state index contributed by atoms with van der Waals surface area (Å²) in [5.41, 5.74) is 1.24. The summed E-state index contributed by atoms with van der Waals surface area (Å²) in [7, 11) is 0. The normalized spacial score (nSPS) is 17.2. The lowest BCUT2D eigenvalue weighted by atomic mass is 9.88. The smallest absolute Gasteiger partial charge is 0.326 e. The Balaban J connectivity index is 1.81. The van der Waals surface area contributed by atoms with E-state index in [0.717, 1.165) is 6.42 Å². The van der Waals surface area contributed by atoms with E-state index in [-0.39, 0.29) is 36.3 Å². The minimum Gasteiger partial charge on any atom is -0.508 e. The highest BCUT2D eigenvalue weighted by molar-refractivity contribution is 5.94. The Labute approximate surface area is 240 Å². The average Bonchev–Trinajstić information content (AvgIpc) is 3.46. The van der Waals surface area contributed by atoms with E-state index in [1.807, 2.05) is 20.8 Å². The molecule has 1 aromatic heterocycles. The summed E-state index contributed by atoms with van der Waals surface area (Å²) in [6.07, 6.45) is 5.64. The predicted molar refractivity (Wildman–Crippen MR) is 153 cm³/mol. The molecule has 3 rings (SSSR count). The minimum absolute atomic E-state index is 0.0705. The van der Waals surface area contributed by atoms with Gasteiger partial charge in [-0.15, -0.1) is 0 Å². The quantitative estimate of drug-likeness (QED) is 0.212. The topological polar surface area (TPSA) is 170 Å². The molecule has 41 heavy (non-hydrogen) atoms. The molecule has 1 fully saturated rings. The number of aromatic hydroxyl groups is 1. The number of amides is 3. The van der Waals surface area contributed by atoms with Crippen LogP contribution >= 0.6 is 0 Å². The van der Waals surface area contributed by atoms with Gasteiger partial charge in [-0.25, -0.2) is 4.79 Å². The first-order valence-electron chi connectivity index (χ1n) is 14.0. The molecule has 0 radical (unpaired) electrons. The number of carbonyl (C=O) groups excluding carboxylic acids is 3. The van der Waals surface area contributed by atoms with E-state index in [1.54, 1.807) is 36.7 Å². The molecule has 0 bridgehead atoms. The molecule has 4 atom stereocenters. The van der Waals surface area contributed by atoms with Crippen molar-refractivity contribution in [1.29, 1.82) is 0 Å². The maximum atomic E-state index is 13.6. The highest BCUT2D eigenvalue weighted by Gasteiger charge is 2.32. The monoisotopic (exact) mass is 567 g/mol. The summed E-state index contributed by atoms with van der Waals surface area (Å²) < 4.78 is 0. The number of hydrogen-bond donors (Lipinski definition) is 6. The third kappa shape index (κ3) is 10.5. The summed E-state index contributed by atoms with van der Waals surface area (Å²) in [4.78, 5) is 56.1. The molecule has 0 aliphatic carbocycles. The lowest BCUT2D eigenvalue weighted by molar-refractivity contribution is -0.142. The number of pyridine rings is 1. The van der Waals surface area contributed by atoms with E-state index in [0.29, 0.717) is 30.5 Å². The van der Waals surface area contributed by atoms with Crippen molar-refractivity contribution in [3.8, 4) is 5.75 Å². The fourth-order valence-electron chi connectivity index (χ4n) is 4.60. The molecule has 3 amide bonds. The third-order valence-corrected chi connectivity index (χ3v) is 6.98. The largest absolute Gasteiger partial charge is 0.508 e. The molecule has 0 saturated carbocycles. The van der Waals surface area contributed by atoms with E-state index in [9.17, 15) is 29.4 Å². The Morgan fingerprint density at radius 3 is 2.15 bits per heavy atom. The number of phenolic OH excluding ortho intramolecular Hbond substituents is 1. The zero-order chi connectivity index (χ0) is 30.0. The van der Waals surface area contributed by atoms with Gasteiger partial charge in [-0.3, -0.25) is 19.4 Å². The SMILES string of the molecule is CC(C)(C)CCC(NC(=O)C(Cc1cccnc1)NC(=O)C(Cc1ccc(O)cc1)NC(=O)[C@@H]1CCCN1)C(=O)O. The van der Waals surface area contributed by atoms with Gasteiger partial charge in [-0.1, -0.05) is 39.0 Å². The molecule has 11 heteroatoms. The van der Waals surface area contributed by atoms with Crippen LogP contribution in [0.1, 0.15) is 57.6 Å². The summed E-state index contributed by atoms with van der Waals surface area (Å²) in [5.74, 6) is -2.63. The van der Waals surface area contributed by atoms with Crippen LogP contribution in [-0.4, -0.2) is 69.6 Å². The molecule has 1 aromatic carbocycles. The second kappa shape index (κ2) is 14.6. The number of carboxylic acid groups (broad SMARTS) is 1. The molecular formula is C30H41N5O6. The standard InChI is InChI=1S/C30H41N5O6/c1-30(2,3)13-12-23(29(40)41)33-27(38)25(17-20-6-4-14-31-18-20)35-28(39)24(16-19-8-10-21(36)11-9-19)34-26(37)22-7-5-15-32-22/h4,6,8-11,14,18,22-25,32,36H,5,7,12-13,15-17H2,1-3H3,(H,33,38)(H,34,37)(H,35,39)(H,40,41)/t22-,23?,24?,25?/m0/s1. The van der Waals surface area contributed by atoms with Gasteiger partial charge in [0.25, 0.3) is 0 Å². The lowest BCUT2D eigenvalue weighted by Gasteiger charge is -2.26. The highest BCUT2D eigenvalue weighted by Crippen LogP contribution is 2.22. The summed E-state index contributed by atoms with van der Waals surface area (Å²) in [6.45, 7) is 6.68. The number of phenols is 1. The van der Waals surface area contributed by atoms with Crippen LogP contribution in [0.4, 0.5) is 0 Å². The van der Waals surface area contributed by atoms with E-state index in [1.165, 1.54) is 12.1 Å². The number of hydrogen-bond acceptors (Lipinski definition) is 7. The van der Waals surface area contributed by atoms with Crippen LogP contribution in [0.3, 0.4) is 0 Å². The molecule has 0 spiro atoms. The molecule has 2 heterocycles. The Kier molecular flexibility index (Phi) is 11.2. The van der Waals surface area contributed by atoms with Crippen LogP contribution in [0.15, 0.2) is 48.8 Å². The molecule has 6 N–H and O–H groups in total. The average molecular weight is 568 g/mol. The van der Waals surface area contributed by atoms with E-state index in [2.05, 4.69) is 26.3 Å². The van der Waals surface area contributed by atoms with Crippen LogP contribution in [-0.2, 0) is 32.0 Å². The minimum atomic E-state index is -1.16. The highest BCUT2D eigenvalue weighted by atomic mass is 16.4. The van der Waals surface area contributed by atoms with Crippen molar-refractivity contribution in [3.63, 3.8) is 0 Å². The van der Waals surface area contributed by atoms with Crippen molar-refractivity contribution in [2.45, 2.75) is 83.5 Å². The van der Waals surface area contributed by atoms with Crippen LogP contribution < -0.4 is 21.3 Å². The number of aliphatic carboxylic acids is 1. The van der Waals surface area contributed by atoms with Gasteiger partial charge in [0, 0.05) is 25.2 Å². The van der Waals surface area contributed by atoms with Crippen LogP contribution in [0.2, 0.25) is 0 Å². The van der Waals surface area contributed by atoms with Crippen molar-refractivity contribution < 1.29 is 29.4 Å². The van der Waals surface area contributed by atoms with Gasteiger partial charge in [0.15, 0.2) is 0 Å². The molecule has 2 aromatic rings. The number of carbonyl (C=O) groups is 4. The number of aromatic nitrogens is 1. The van der Waals surface area contributed by atoms with E-state index >= 15 is 0 Å². The number of benzene rings is 1. The number of carboxylic acids is 1. The fourth-order valence-corrected chi connectivity index (χ4v) is 4.60. The van der Waals surface area contributed by atoms with E-state index < -0.39 is 42.0 Å². The zero-order valence-electron chi connectivity index (χ0n) is 23.9. The van der Waals surface area contributed by atoms with Crippen molar-refractivity contribution in [3.05, 3.63) is 59.9 Å². The number of nitrogens with zero attached hydrogens (tertiary/aromatic N) is 1. The molecule has 1 saturated heterocycles. The first-order valence-corrected chi connectivity index (χ1v) is 14.0. The van der Waals surface area contributed by atoms with Gasteiger partial charge in [0.1, 0.15) is 23.9 Å². The lowest BCUT2D eigenvalue weighted by Crippen LogP contribution is -2.58. The molecule has 1 aliphatic heterocycles. The first kappa shape index (κ1) is 31.5. The molecule has 3 unspecified atom stereocenters. The van der Waals surface area contributed by atoms with Crippen LogP contribution in [0, 0.1) is 5.41 Å². The van der Waals surface area contributed by atoms with Crippen LogP contribution in [0.25, 0.3) is 0 Å². The Morgan fingerprint density at radius 1 is 0.951 bits per heavy atom. The molecular weight excluding hydrogens is 526 g/mol. The summed E-state index contributed by atoms with van der Waals surface area (Å²) >= 11 is 0. The van der Waals surface area contributed by atoms with Gasteiger partial charge < -0.3 is 31.5 Å². The second-order valence-electron chi connectivity index (χ2n) is 11.7. The zero-order valence-corrected chi connectivity index (χ0v) is 23.9. The van der Waals surface area contributed by atoms with Crippen molar-refractivity contribution >= 4 is 23.7 Å². The van der Waals surface area contributed by atoms with Crippen LogP contribution in [0.5, 0.6) is 5.75 Å². The fraction of sp³-hybridized carbons (Fsp3) is 0.500. The molecule has 222 valence electrons. The second-order valence-corrected chi connectivity index (χ2v) is 11.7. The van der Waals surface area contributed by atoms with E-state index in [4.69, 9.17) is 0 Å². The van der Waals surface area contributed by atoms with Crippen molar-refractivity contribution in [2.75, 3.05) is 6.54 Å². The number of rotatable bonds is 13. The maximum absolute atomic E-state index is 13.6. The summed E-state index contributed by atoms with van der Waals surface area (Å²) in [6, 6.07) is 6.08. The third-order valence-electron chi connectivity index (χ3n) is 6.98. The van der Waals surface area contributed by atoms with Crippen molar-refractivity contribution in [1.82, 2.24) is 26.3 Å². The van der Waals surface area contributed by atoms with Gasteiger partial charge in [0.05, 0.1) is 6.04 Å². The molecule has 11 nitrogen and oxygen atoms in total.